The molecule has 0 aromatic carbocycles. The van der Waals surface area contributed by atoms with Gasteiger partial charge < -0.3 is 9.80 Å². The first-order valence-electron chi connectivity index (χ1n) is 7.31. The van der Waals surface area contributed by atoms with Crippen LogP contribution in [0.5, 0.6) is 0 Å². The number of Topliss-reactive ketones (excluding diaryl/α,β-unsaturated/α-hetero) is 1. The van der Waals surface area contributed by atoms with E-state index in [1.54, 1.807) is 11.3 Å². The molecule has 0 saturated carbocycles. The molecule has 1 aliphatic heterocycles. The van der Waals surface area contributed by atoms with E-state index in [1.807, 2.05) is 17.5 Å². The molecule has 0 unspecified atom stereocenters. The summed E-state index contributed by atoms with van der Waals surface area (Å²) in [5.41, 5.74) is 0. The Kier molecular flexibility index (Phi) is 6.01. The fourth-order valence-electron chi connectivity index (χ4n) is 2.58. The maximum atomic E-state index is 11.9. The van der Waals surface area contributed by atoms with E-state index in [9.17, 15) is 4.79 Å². The Balaban J connectivity index is 1.61. The number of rotatable bonds is 7. The molecule has 0 atom stereocenters. The molecular formula is C15H24N2OS. The lowest BCUT2D eigenvalue weighted by molar-refractivity contribution is 0.0965. The minimum absolute atomic E-state index is 0.305. The zero-order valence-corrected chi connectivity index (χ0v) is 12.6. The SMILES string of the molecule is CCCN1CCN(CCCC(=O)c2cccs2)CC1. The average molecular weight is 280 g/mol. The van der Waals surface area contributed by atoms with Gasteiger partial charge in [-0.05, 0) is 37.4 Å². The van der Waals surface area contributed by atoms with Crippen molar-refractivity contribution in [3.63, 3.8) is 0 Å². The molecular weight excluding hydrogens is 256 g/mol. The molecule has 3 nitrogen and oxygen atoms in total. The Morgan fingerprint density at radius 3 is 2.47 bits per heavy atom. The summed E-state index contributed by atoms with van der Waals surface area (Å²) in [6, 6.07) is 3.88. The van der Waals surface area contributed by atoms with Gasteiger partial charge in [-0.2, -0.15) is 0 Å². The zero-order valence-electron chi connectivity index (χ0n) is 11.8. The molecule has 1 aliphatic rings. The largest absolute Gasteiger partial charge is 0.301 e. The quantitative estimate of drug-likeness (QED) is 0.718. The van der Waals surface area contributed by atoms with Crippen molar-refractivity contribution >= 4 is 17.1 Å². The zero-order chi connectivity index (χ0) is 13.5. The van der Waals surface area contributed by atoms with Crippen molar-refractivity contribution < 1.29 is 4.79 Å². The lowest BCUT2D eigenvalue weighted by Gasteiger charge is -2.34. The Morgan fingerprint density at radius 1 is 1.21 bits per heavy atom. The van der Waals surface area contributed by atoms with Gasteiger partial charge in [0.2, 0.25) is 0 Å². The summed E-state index contributed by atoms with van der Waals surface area (Å²) in [7, 11) is 0. The molecule has 0 spiro atoms. The van der Waals surface area contributed by atoms with Gasteiger partial charge in [0.25, 0.3) is 0 Å². The molecule has 106 valence electrons. The van der Waals surface area contributed by atoms with Crippen molar-refractivity contribution in [3.05, 3.63) is 22.4 Å². The predicted octanol–water partition coefficient (Wildman–Crippen LogP) is 2.74. The van der Waals surface area contributed by atoms with Gasteiger partial charge in [-0.25, -0.2) is 0 Å². The van der Waals surface area contributed by atoms with Gasteiger partial charge in [-0.1, -0.05) is 13.0 Å². The Morgan fingerprint density at radius 2 is 1.89 bits per heavy atom. The number of thiophene rings is 1. The van der Waals surface area contributed by atoms with Gasteiger partial charge in [0.05, 0.1) is 4.88 Å². The normalized spacial score (nSPS) is 17.7. The number of hydrogen-bond acceptors (Lipinski definition) is 4. The van der Waals surface area contributed by atoms with Crippen molar-refractivity contribution in [2.45, 2.75) is 26.2 Å². The van der Waals surface area contributed by atoms with Crippen LogP contribution in [0.15, 0.2) is 17.5 Å². The minimum Gasteiger partial charge on any atom is -0.301 e. The molecule has 0 radical (unpaired) electrons. The van der Waals surface area contributed by atoms with Crippen molar-refractivity contribution in [3.8, 4) is 0 Å². The van der Waals surface area contributed by atoms with Crippen LogP contribution in [-0.4, -0.2) is 54.9 Å². The van der Waals surface area contributed by atoms with Crippen LogP contribution in [0.2, 0.25) is 0 Å². The standard InChI is InChI=1S/C15H24N2OS/c1-2-7-16-9-11-17(12-10-16)8-3-5-14(18)15-6-4-13-19-15/h4,6,13H,2-3,5,7-12H2,1H3. The molecule has 4 heteroatoms. The number of carbonyl (C=O) groups is 1. The van der Waals surface area contributed by atoms with Gasteiger partial charge in [0, 0.05) is 32.6 Å². The monoisotopic (exact) mass is 280 g/mol. The third kappa shape index (κ3) is 4.71. The highest BCUT2D eigenvalue weighted by molar-refractivity contribution is 7.12. The lowest BCUT2D eigenvalue weighted by Crippen LogP contribution is -2.46. The number of ketones is 1. The number of piperazine rings is 1. The Bertz CT molecular complexity index is 370. The van der Waals surface area contributed by atoms with Crippen LogP contribution in [0.25, 0.3) is 0 Å². The first kappa shape index (κ1) is 14.7. The molecule has 0 aliphatic carbocycles. The summed E-state index contributed by atoms with van der Waals surface area (Å²) in [5, 5.41) is 1.97. The molecule has 1 saturated heterocycles. The van der Waals surface area contributed by atoms with E-state index in [2.05, 4.69) is 16.7 Å². The van der Waals surface area contributed by atoms with E-state index in [-0.39, 0.29) is 0 Å². The average Bonchev–Trinajstić information content (AvgIpc) is 2.95. The van der Waals surface area contributed by atoms with Gasteiger partial charge in [0.1, 0.15) is 0 Å². The molecule has 2 heterocycles. The topological polar surface area (TPSA) is 23.6 Å². The number of carbonyl (C=O) groups excluding carboxylic acids is 1. The highest BCUT2D eigenvalue weighted by atomic mass is 32.1. The van der Waals surface area contributed by atoms with Crippen LogP contribution in [0, 0.1) is 0 Å². The highest BCUT2D eigenvalue weighted by Crippen LogP contribution is 2.13. The van der Waals surface area contributed by atoms with Crippen LogP contribution >= 0.6 is 11.3 Å². The molecule has 0 amide bonds. The van der Waals surface area contributed by atoms with Crippen LogP contribution in [-0.2, 0) is 0 Å². The first-order valence-corrected chi connectivity index (χ1v) is 8.19. The van der Waals surface area contributed by atoms with Crippen LogP contribution in [0.1, 0.15) is 35.9 Å². The predicted molar refractivity (Wildman–Crippen MR) is 81.1 cm³/mol. The summed E-state index contributed by atoms with van der Waals surface area (Å²) in [6.45, 7) is 9.23. The highest BCUT2D eigenvalue weighted by Gasteiger charge is 2.16. The summed E-state index contributed by atoms with van der Waals surface area (Å²) in [5.74, 6) is 0.305. The van der Waals surface area contributed by atoms with Gasteiger partial charge in [-0.3, -0.25) is 4.79 Å². The third-order valence-electron chi connectivity index (χ3n) is 3.68. The van der Waals surface area contributed by atoms with Crippen LogP contribution in [0.3, 0.4) is 0 Å². The van der Waals surface area contributed by atoms with E-state index < -0.39 is 0 Å². The molecule has 2 rings (SSSR count). The van der Waals surface area contributed by atoms with Crippen molar-refractivity contribution in [2.75, 3.05) is 39.3 Å². The van der Waals surface area contributed by atoms with Crippen molar-refractivity contribution in [1.29, 1.82) is 0 Å². The van der Waals surface area contributed by atoms with Gasteiger partial charge in [-0.15, -0.1) is 11.3 Å². The number of nitrogens with zero attached hydrogens (tertiary/aromatic N) is 2. The molecule has 19 heavy (non-hydrogen) atoms. The second-order valence-corrected chi connectivity index (χ2v) is 6.14. The smallest absolute Gasteiger partial charge is 0.172 e. The van der Waals surface area contributed by atoms with Crippen molar-refractivity contribution in [1.82, 2.24) is 9.80 Å². The van der Waals surface area contributed by atoms with E-state index in [0.717, 1.165) is 30.9 Å². The van der Waals surface area contributed by atoms with Crippen molar-refractivity contribution in [2.24, 2.45) is 0 Å². The van der Waals surface area contributed by atoms with E-state index in [0.29, 0.717) is 12.2 Å². The first-order chi connectivity index (χ1) is 9.29. The molecule has 1 aromatic heterocycles. The fourth-order valence-corrected chi connectivity index (χ4v) is 3.27. The summed E-state index contributed by atoms with van der Waals surface area (Å²) < 4.78 is 0. The summed E-state index contributed by atoms with van der Waals surface area (Å²) in [4.78, 5) is 17.8. The van der Waals surface area contributed by atoms with Crippen LogP contribution in [0.4, 0.5) is 0 Å². The minimum atomic E-state index is 0.305. The second kappa shape index (κ2) is 7.78. The molecule has 1 fully saturated rings. The summed E-state index contributed by atoms with van der Waals surface area (Å²) >= 11 is 1.55. The van der Waals surface area contributed by atoms with Gasteiger partial charge >= 0.3 is 0 Å². The maximum Gasteiger partial charge on any atom is 0.172 e. The third-order valence-corrected chi connectivity index (χ3v) is 4.59. The Labute approximate surface area is 120 Å². The maximum absolute atomic E-state index is 11.9. The van der Waals surface area contributed by atoms with Crippen LogP contribution < -0.4 is 0 Å². The molecule has 0 N–H and O–H groups in total. The van der Waals surface area contributed by atoms with E-state index in [1.165, 1.54) is 26.1 Å². The fraction of sp³-hybridized carbons (Fsp3) is 0.667. The summed E-state index contributed by atoms with van der Waals surface area (Å²) in [6.07, 6.45) is 2.93. The van der Waals surface area contributed by atoms with E-state index in [4.69, 9.17) is 0 Å². The van der Waals surface area contributed by atoms with E-state index >= 15 is 0 Å². The second-order valence-electron chi connectivity index (χ2n) is 5.19. The van der Waals surface area contributed by atoms with Gasteiger partial charge in [0.15, 0.2) is 5.78 Å². The molecule has 0 bridgehead atoms. The Hall–Kier alpha value is -0.710. The molecule has 1 aromatic rings. The lowest BCUT2D eigenvalue weighted by atomic mass is 10.2. The number of hydrogen-bond donors (Lipinski definition) is 0.